The first-order valence-corrected chi connectivity index (χ1v) is 14.0. The summed E-state index contributed by atoms with van der Waals surface area (Å²) in [6, 6.07) is 11.5. The zero-order valence-corrected chi connectivity index (χ0v) is 23.9. The van der Waals surface area contributed by atoms with Crippen LogP contribution < -0.4 is 14.2 Å². The third-order valence-electron chi connectivity index (χ3n) is 7.20. The number of ether oxygens (including phenoxy) is 4. The zero-order chi connectivity index (χ0) is 28.6. The van der Waals surface area contributed by atoms with E-state index in [9.17, 15) is 14.7 Å². The molecule has 2 aromatic carbocycles. The molecule has 0 bridgehead atoms. The molecule has 216 valence electrons. The standard InChI is InChI=1S/C31H40N2O7/c1-5-39-24-9-6-22(7-10-24)29(34)27-28(23-8-11-25(26(20-23)37-4)40-17-12-21(2)3)33(31(36)30(27)35)14-13-32-15-18-38-19-16-32/h6-11,20-21,28,34H,5,12-19H2,1-4H3/b29-27+. The maximum absolute atomic E-state index is 13.4. The van der Waals surface area contributed by atoms with Crippen molar-refractivity contribution >= 4 is 17.4 Å². The van der Waals surface area contributed by atoms with Gasteiger partial charge in [-0.2, -0.15) is 0 Å². The first-order valence-electron chi connectivity index (χ1n) is 14.0. The predicted octanol–water partition coefficient (Wildman–Crippen LogP) is 4.27. The fourth-order valence-electron chi connectivity index (χ4n) is 4.94. The largest absolute Gasteiger partial charge is 0.507 e. The molecule has 9 nitrogen and oxygen atoms in total. The van der Waals surface area contributed by atoms with E-state index in [0.29, 0.717) is 73.8 Å². The van der Waals surface area contributed by atoms with Gasteiger partial charge in [0, 0.05) is 31.7 Å². The van der Waals surface area contributed by atoms with E-state index in [1.54, 1.807) is 48.4 Å². The second-order valence-electron chi connectivity index (χ2n) is 10.3. The van der Waals surface area contributed by atoms with E-state index in [4.69, 9.17) is 18.9 Å². The number of carbonyl (C=O) groups is 2. The van der Waals surface area contributed by atoms with Crippen molar-refractivity contribution in [3.63, 3.8) is 0 Å². The first-order chi connectivity index (χ1) is 19.3. The molecule has 0 spiro atoms. The summed E-state index contributed by atoms with van der Waals surface area (Å²) in [6.45, 7) is 10.9. The summed E-state index contributed by atoms with van der Waals surface area (Å²) in [5.74, 6) is 0.663. The Hall–Kier alpha value is -3.56. The summed E-state index contributed by atoms with van der Waals surface area (Å²) < 4.78 is 22.6. The van der Waals surface area contributed by atoms with Crippen molar-refractivity contribution in [2.75, 3.05) is 59.7 Å². The van der Waals surface area contributed by atoms with E-state index in [-0.39, 0.29) is 11.3 Å². The molecule has 40 heavy (non-hydrogen) atoms. The molecule has 0 saturated carbocycles. The van der Waals surface area contributed by atoms with Crippen molar-refractivity contribution in [1.29, 1.82) is 0 Å². The average Bonchev–Trinajstić information content (AvgIpc) is 3.21. The molecular formula is C31H40N2O7. The molecule has 9 heteroatoms. The molecule has 0 aromatic heterocycles. The molecule has 0 radical (unpaired) electrons. The maximum Gasteiger partial charge on any atom is 0.295 e. The molecule has 2 aliphatic rings. The minimum atomic E-state index is -0.786. The summed E-state index contributed by atoms with van der Waals surface area (Å²) in [4.78, 5) is 30.6. The Morgan fingerprint density at radius 3 is 2.40 bits per heavy atom. The fraction of sp³-hybridized carbons (Fsp3) is 0.484. The van der Waals surface area contributed by atoms with Crippen LogP contribution in [-0.4, -0.2) is 86.3 Å². The highest BCUT2D eigenvalue weighted by atomic mass is 16.5. The lowest BCUT2D eigenvalue weighted by molar-refractivity contribution is -0.140. The van der Waals surface area contributed by atoms with Gasteiger partial charge in [0.05, 0.1) is 45.2 Å². The Bertz CT molecular complexity index is 1200. The van der Waals surface area contributed by atoms with Crippen molar-refractivity contribution in [3.8, 4) is 17.2 Å². The van der Waals surface area contributed by atoms with Crippen molar-refractivity contribution in [2.45, 2.75) is 33.2 Å². The Morgan fingerprint density at radius 2 is 1.75 bits per heavy atom. The van der Waals surface area contributed by atoms with Gasteiger partial charge >= 0.3 is 0 Å². The molecule has 2 aliphatic heterocycles. The van der Waals surface area contributed by atoms with E-state index >= 15 is 0 Å². The number of ketones is 1. The van der Waals surface area contributed by atoms with Gasteiger partial charge in [0.25, 0.3) is 11.7 Å². The van der Waals surface area contributed by atoms with Gasteiger partial charge in [-0.3, -0.25) is 14.5 Å². The van der Waals surface area contributed by atoms with Crippen molar-refractivity contribution in [1.82, 2.24) is 9.80 Å². The number of Topliss-reactive ketones (excluding diaryl/α,β-unsaturated/α-hetero) is 1. The number of morpholine rings is 1. The number of likely N-dealkylation sites (tertiary alicyclic amines) is 1. The summed E-state index contributed by atoms with van der Waals surface area (Å²) in [5.41, 5.74) is 1.13. The number of nitrogens with zero attached hydrogens (tertiary/aromatic N) is 2. The molecule has 2 aromatic rings. The first kappa shape index (κ1) is 29.4. The normalized spacial score (nSPS) is 19.3. The van der Waals surface area contributed by atoms with Crippen LogP contribution >= 0.6 is 0 Å². The third-order valence-corrected chi connectivity index (χ3v) is 7.20. The smallest absolute Gasteiger partial charge is 0.295 e. The van der Waals surface area contributed by atoms with Gasteiger partial charge in [0.2, 0.25) is 0 Å². The lowest BCUT2D eigenvalue weighted by Crippen LogP contribution is -2.42. The van der Waals surface area contributed by atoms with Crippen molar-refractivity contribution in [2.24, 2.45) is 5.92 Å². The highest BCUT2D eigenvalue weighted by Gasteiger charge is 2.46. The van der Waals surface area contributed by atoms with E-state index in [0.717, 1.165) is 19.5 Å². The summed E-state index contributed by atoms with van der Waals surface area (Å²) >= 11 is 0. The SMILES string of the molecule is CCOc1ccc(/C(O)=C2\C(=O)C(=O)N(CCN3CCOCC3)C2c2ccc(OCCC(C)C)c(OC)c2)cc1. The van der Waals surface area contributed by atoms with Crippen LogP contribution in [0.15, 0.2) is 48.0 Å². The summed E-state index contributed by atoms with van der Waals surface area (Å²) in [5, 5.41) is 11.4. The molecule has 1 N–H and O–H groups in total. The van der Waals surface area contributed by atoms with Gasteiger partial charge in [-0.05, 0) is 61.2 Å². The fourth-order valence-corrected chi connectivity index (χ4v) is 4.94. The number of hydrogen-bond acceptors (Lipinski definition) is 8. The summed E-state index contributed by atoms with van der Waals surface area (Å²) in [7, 11) is 1.56. The minimum Gasteiger partial charge on any atom is -0.507 e. The van der Waals surface area contributed by atoms with Crippen molar-refractivity contribution < 1.29 is 33.6 Å². The predicted molar refractivity (Wildman–Crippen MR) is 152 cm³/mol. The molecule has 1 unspecified atom stereocenters. The topological polar surface area (TPSA) is 97.8 Å². The van der Waals surface area contributed by atoms with Gasteiger partial charge < -0.3 is 29.0 Å². The molecule has 2 saturated heterocycles. The number of methoxy groups -OCH3 is 1. The molecule has 1 atom stereocenters. The Labute approximate surface area is 236 Å². The highest BCUT2D eigenvalue weighted by molar-refractivity contribution is 6.46. The van der Waals surface area contributed by atoms with Crippen LogP contribution in [-0.2, 0) is 14.3 Å². The number of benzene rings is 2. The molecule has 0 aliphatic carbocycles. The third kappa shape index (κ3) is 6.77. The van der Waals surface area contributed by atoms with E-state index in [1.165, 1.54) is 0 Å². The lowest BCUT2D eigenvalue weighted by Gasteiger charge is -2.31. The van der Waals surface area contributed by atoms with E-state index in [2.05, 4.69) is 18.7 Å². The second kappa shape index (κ2) is 13.7. The average molecular weight is 553 g/mol. The number of rotatable bonds is 12. The monoisotopic (exact) mass is 552 g/mol. The van der Waals surface area contributed by atoms with Crippen LogP contribution in [0.2, 0.25) is 0 Å². The van der Waals surface area contributed by atoms with Crippen LogP contribution in [0.5, 0.6) is 17.2 Å². The number of amides is 1. The van der Waals surface area contributed by atoms with Crippen LogP contribution in [0, 0.1) is 5.92 Å². The van der Waals surface area contributed by atoms with Gasteiger partial charge in [0.15, 0.2) is 11.5 Å². The number of carbonyl (C=O) groups excluding carboxylic acids is 2. The molecule has 1 amide bonds. The quantitative estimate of drug-likeness (QED) is 0.237. The number of aliphatic hydroxyl groups is 1. The van der Waals surface area contributed by atoms with Crippen LogP contribution in [0.4, 0.5) is 0 Å². The molecule has 2 heterocycles. The Kier molecular flexibility index (Phi) is 10.1. The number of aliphatic hydroxyl groups excluding tert-OH is 1. The van der Waals surface area contributed by atoms with Crippen LogP contribution in [0.1, 0.15) is 44.4 Å². The Morgan fingerprint density at radius 1 is 1.02 bits per heavy atom. The van der Waals surface area contributed by atoms with Gasteiger partial charge in [0.1, 0.15) is 11.5 Å². The summed E-state index contributed by atoms with van der Waals surface area (Å²) in [6.07, 6.45) is 0.898. The lowest BCUT2D eigenvalue weighted by atomic mass is 9.95. The number of hydrogen-bond donors (Lipinski definition) is 1. The Balaban J connectivity index is 1.71. The minimum absolute atomic E-state index is 0.0478. The maximum atomic E-state index is 13.4. The molecule has 4 rings (SSSR count). The highest BCUT2D eigenvalue weighted by Crippen LogP contribution is 2.42. The van der Waals surface area contributed by atoms with Crippen molar-refractivity contribution in [3.05, 3.63) is 59.2 Å². The zero-order valence-electron chi connectivity index (χ0n) is 23.9. The molecule has 2 fully saturated rings. The second-order valence-corrected chi connectivity index (χ2v) is 10.3. The molecular weight excluding hydrogens is 512 g/mol. The van der Waals surface area contributed by atoms with Crippen LogP contribution in [0.25, 0.3) is 5.76 Å². The van der Waals surface area contributed by atoms with Gasteiger partial charge in [-0.15, -0.1) is 0 Å². The van der Waals surface area contributed by atoms with Gasteiger partial charge in [-0.1, -0.05) is 19.9 Å². The van der Waals surface area contributed by atoms with Gasteiger partial charge in [-0.25, -0.2) is 0 Å². The van der Waals surface area contributed by atoms with E-state index in [1.807, 2.05) is 13.0 Å². The van der Waals surface area contributed by atoms with E-state index < -0.39 is 17.7 Å². The van der Waals surface area contributed by atoms with Crippen LogP contribution in [0.3, 0.4) is 0 Å².